The van der Waals surface area contributed by atoms with E-state index in [-0.39, 0.29) is 5.97 Å². The van der Waals surface area contributed by atoms with Crippen molar-refractivity contribution in [1.29, 1.82) is 0 Å². The zero-order valence-electron chi connectivity index (χ0n) is 21.7. The van der Waals surface area contributed by atoms with Crippen LogP contribution in [0.1, 0.15) is 149 Å². The van der Waals surface area contributed by atoms with E-state index in [9.17, 15) is 4.79 Å². The van der Waals surface area contributed by atoms with E-state index < -0.39 is 0 Å². The monoisotopic (exact) mass is 437 g/mol. The summed E-state index contributed by atoms with van der Waals surface area (Å²) in [5, 5.41) is 1.44. The normalized spacial score (nSPS) is 12.0. The summed E-state index contributed by atoms with van der Waals surface area (Å²) in [6.07, 6.45) is 31.1. The van der Waals surface area contributed by atoms with E-state index in [2.05, 4.69) is 6.92 Å². The van der Waals surface area contributed by atoms with Crippen molar-refractivity contribution >= 4 is 5.97 Å². The number of hydrogen-bond donors (Lipinski definition) is 0. The Balaban J connectivity index is 3.21. The Morgan fingerprint density at radius 3 is 1.26 bits per heavy atom. The van der Waals surface area contributed by atoms with E-state index in [1.54, 1.807) is 14.1 Å². The van der Waals surface area contributed by atoms with Crippen molar-refractivity contribution < 1.29 is 9.63 Å². The highest BCUT2D eigenvalue weighted by molar-refractivity contribution is 5.87. The minimum atomic E-state index is -0.238. The fourth-order valence-corrected chi connectivity index (χ4v) is 4.04. The van der Waals surface area contributed by atoms with E-state index >= 15 is 0 Å². The van der Waals surface area contributed by atoms with Gasteiger partial charge in [-0.05, 0) is 19.8 Å². The number of unbranched alkanes of at least 4 members (excludes halogenated alkanes) is 20. The van der Waals surface area contributed by atoms with Crippen LogP contribution in [0.5, 0.6) is 0 Å². The van der Waals surface area contributed by atoms with Gasteiger partial charge in [0.1, 0.15) is 0 Å². The summed E-state index contributed by atoms with van der Waals surface area (Å²) >= 11 is 0. The molecule has 0 unspecified atom stereocenters. The highest BCUT2D eigenvalue weighted by atomic mass is 16.7. The number of nitrogens with zero attached hydrogens (tertiary/aromatic N) is 1. The largest absolute Gasteiger partial charge is 0.365 e. The molecule has 3 nitrogen and oxygen atoms in total. The van der Waals surface area contributed by atoms with E-state index in [1.165, 1.54) is 133 Å². The zero-order valence-corrected chi connectivity index (χ0v) is 21.7. The van der Waals surface area contributed by atoms with Gasteiger partial charge in [-0.1, -0.05) is 135 Å². The van der Waals surface area contributed by atoms with Gasteiger partial charge in [0.2, 0.25) is 0 Å². The van der Waals surface area contributed by atoms with Crippen molar-refractivity contribution in [3.05, 3.63) is 11.6 Å². The second kappa shape index (κ2) is 23.8. The van der Waals surface area contributed by atoms with Crippen molar-refractivity contribution in [2.45, 2.75) is 149 Å². The molecule has 0 heterocycles. The van der Waals surface area contributed by atoms with Gasteiger partial charge in [-0.15, -0.1) is 5.06 Å². The summed E-state index contributed by atoms with van der Waals surface area (Å²) in [6, 6.07) is 0. The third-order valence-corrected chi connectivity index (χ3v) is 6.10. The number of rotatable bonds is 23. The van der Waals surface area contributed by atoms with Crippen LogP contribution in [-0.4, -0.2) is 25.1 Å². The quantitative estimate of drug-likeness (QED) is 0.0906. The fourth-order valence-electron chi connectivity index (χ4n) is 4.04. The van der Waals surface area contributed by atoms with E-state index in [1.807, 2.05) is 13.0 Å². The van der Waals surface area contributed by atoms with Crippen molar-refractivity contribution in [2.24, 2.45) is 0 Å². The molecule has 0 spiro atoms. The summed E-state index contributed by atoms with van der Waals surface area (Å²) in [7, 11) is 3.45. The van der Waals surface area contributed by atoms with E-state index in [0.717, 1.165) is 6.42 Å². The molecule has 0 aromatic rings. The first-order valence-electron chi connectivity index (χ1n) is 13.6. The Labute approximate surface area is 195 Å². The van der Waals surface area contributed by atoms with Crippen LogP contribution in [-0.2, 0) is 9.63 Å². The number of carbonyl (C=O) groups excluding carboxylic acids is 1. The molecule has 0 amide bonds. The average molecular weight is 438 g/mol. The number of allylic oxidation sites excluding steroid dienone is 1. The van der Waals surface area contributed by atoms with Crippen molar-refractivity contribution in [2.75, 3.05) is 14.1 Å². The van der Waals surface area contributed by atoms with Crippen LogP contribution in [0, 0.1) is 0 Å². The lowest BCUT2D eigenvalue weighted by molar-refractivity contribution is -0.172. The molecule has 0 aromatic heterocycles. The van der Waals surface area contributed by atoms with Crippen LogP contribution < -0.4 is 0 Å². The lowest BCUT2D eigenvalue weighted by atomic mass is 10.0. The predicted molar refractivity (Wildman–Crippen MR) is 136 cm³/mol. The van der Waals surface area contributed by atoms with Gasteiger partial charge < -0.3 is 4.84 Å². The van der Waals surface area contributed by atoms with E-state index in [0.29, 0.717) is 5.57 Å². The lowest BCUT2D eigenvalue weighted by Crippen LogP contribution is -2.19. The van der Waals surface area contributed by atoms with E-state index in [4.69, 9.17) is 4.84 Å². The highest BCUT2D eigenvalue weighted by Crippen LogP contribution is 2.15. The molecule has 0 atom stereocenters. The Kier molecular flexibility index (Phi) is 23.2. The van der Waals surface area contributed by atoms with Gasteiger partial charge in [-0.3, -0.25) is 0 Å². The van der Waals surface area contributed by atoms with Gasteiger partial charge in [0.15, 0.2) is 0 Å². The Morgan fingerprint density at radius 1 is 0.613 bits per heavy atom. The molecule has 0 saturated carbocycles. The van der Waals surface area contributed by atoms with Crippen LogP contribution in [0.3, 0.4) is 0 Å². The first-order chi connectivity index (χ1) is 15.1. The molecule has 0 fully saturated rings. The maximum Gasteiger partial charge on any atom is 0.352 e. The molecule has 3 heteroatoms. The van der Waals surface area contributed by atoms with Crippen molar-refractivity contribution in [3.8, 4) is 0 Å². The first kappa shape index (κ1) is 30.2. The van der Waals surface area contributed by atoms with Crippen molar-refractivity contribution in [3.63, 3.8) is 0 Å². The minimum absolute atomic E-state index is 0.238. The van der Waals surface area contributed by atoms with Crippen molar-refractivity contribution in [1.82, 2.24) is 5.06 Å². The van der Waals surface area contributed by atoms with Gasteiger partial charge in [0.25, 0.3) is 0 Å². The average Bonchev–Trinajstić information content (AvgIpc) is 2.74. The number of hydrogen-bond acceptors (Lipinski definition) is 3. The molecule has 0 aliphatic carbocycles. The Morgan fingerprint density at radius 2 is 0.935 bits per heavy atom. The molecule has 0 N–H and O–H groups in total. The summed E-state index contributed by atoms with van der Waals surface area (Å²) in [6.45, 7) is 4.13. The molecule has 0 radical (unpaired) electrons. The second-order valence-corrected chi connectivity index (χ2v) is 9.58. The third-order valence-electron chi connectivity index (χ3n) is 6.10. The van der Waals surface area contributed by atoms with Crippen LogP contribution in [0.2, 0.25) is 0 Å². The van der Waals surface area contributed by atoms with Gasteiger partial charge in [0.05, 0.1) is 0 Å². The summed E-state index contributed by atoms with van der Waals surface area (Å²) < 4.78 is 0. The Bertz CT molecular complexity index is 417. The summed E-state index contributed by atoms with van der Waals surface area (Å²) in [5.74, 6) is -0.238. The van der Waals surface area contributed by atoms with Crippen LogP contribution in [0.15, 0.2) is 11.6 Å². The maximum atomic E-state index is 11.7. The van der Waals surface area contributed by atoms with Gasteiger partial charge >= 0.3 is 5.97 Å². The summed E-state index contributed by atoms with van der Waals surface area (Å²) in [4.78, 5) is 16.7. The number of hydroxylamine groups is 2. The molecular weight excluding hydrogens is 382 g/mol. The van der Waals surface area contributed by atoms with Gasteiger partial charge in [-0.2, -0.15) is 0 Å². The molecule has 184 valence electrons. The van der Waals surface area contributed by atoms with Crippen LogP contribution in [0.4, 0.5) is 0 Å². The fraction of sp³-hybridized carbons (Fsp3) is 0.893. The first-order valence-corrected chi connectivity index (χ1v) is 13.6. The summed E-state index contributed by atoms with van der Waals surface area (Å²) in [5.41, 5.74) is 0.714. The molecule has 0 saturated heterocycles. The van der Waals surface area contributed by atoms with Crippen LogP contribution >= 0.6 is 0 Å². The maximum absolute atomic E-state index is 11.7. The molecular formula is C28H55NO2. The smallest absolute Gasteiger partial charge is 0.352 e. The van der Waals surface area contributed by atoms with Crippen LogP contribution in [0.25, 0.3) is 0 Å². The Hall–Kier alpha value is -0.830. The number of carbonyl (C=O) groups is 1. The highest BCUT2D eigenvalue weighted by Gasteiger charge is 2.06. The molecule has 0 aliphatic heterocycles. The lowest BCUT2D eigenvalue weighted by Gasteiger charge is -2.09. The molecule has 0 aliphatic rings. The minimum Gasteiger partial charge on any atom is -0.365 e. The van der Waals surface area contributed by atoms with Gasteiger partial charge in [-0.25, -0.2) is 4.79 Å². The SMILES string of the molecule is CCCCCCCCCCCCCCCCCCCCCCC=C(C)C(=O)ON(C)C. The second-order valence-electron chi connectivity index (χ2n) is 9.58. The topological polar surface area (TPSA) is 29.5 Å². The molecule has 0 bridgehead atoms. The predicted octanol–water partition coefficient (Wildman–Crippen LogP) is 9.16. The standard InChI is InChI=1S/C28H55NO2/c1-5-6-7-8-9-10-11-12-13-14-15-16-17-18-19-20-21-22-23-24-25-26-27(2)28(30)31-29(3)4/h26H,5-25H2,1-4H3. The molecule has 31 heavy (non-hydrogen) atoms. The van der Waals surface area contributed by atoms with Gasteiger partial charge in [0, 0.05) is 19.7 Å². The zero-order chi connectivity index (χ0) is 23.0. The molecule has 0 aromatic carbocycles. The molecule has 0 rings (SSSR count). The third kappa shape index (κ3) is 23.7.